The fourth-order valence-corrected chi connectivity index (χ4v) is 2.39. The summed E-state index contributed by atoms with van der Waals surface area (Å²) in [5.74, 6) is 0. The van der Waals surface area contributed by atoms with Gasteiger partial charge in [0.15, 0.2) is 0 Å². The smallest absolute Gasteiger partial charge is 0.107 e. The van der Waals surface area contributed by atoms with Gasteiger partial charge in [-0.15, -0.1) is 0 Å². The number of aliphatic hydroxyl groups is 2. The standard InChI is InChI=1S/C11H12Cl2O3/c12-6-1-2-7(8(13)3-6)10-4-9(15)11(5-14)16-10/h1-3,9-11,14-15H,4-5H2/t9?,10-,11-/m1/s1. The second-order valence-electron chi connectivity index (χ2n) is 3.81. The molecule has 1 unspecified atom stereocenters. The van der Waals surface area contributed by atoms with Crippen LogP contribution in [0.25, 0.3) is 0 Å². The van der Waals surface area contributed by atoms with Crippen molar-refractivity contribution in [1.29, 1.82) is 0 Å². The fourth-order valence-electron chi connectivity index (χ4n) is 1.86. The summed E-state index contributed by atoms with van der Waals surface area (Å²) in [7, 11) is 0. The minimum atomic E-state index is -0.651. The largest absolute Gasteiger partial charge is 0.394 e. The maximum Gasteiger partial charge on any atom is 0.107 e. The summed E-state index contributed by atoms with van der Waals surface area (Å²) in [4.78, 5) is 0. The molecule has 0 aromatic heterocycles. The minimum absolute atomic E-state index is 0.192. The summed E-state index contributed by atoms with van der Waals surface area (Å²) in [6, 6.07) is 5.15. The molecule has 1 aliphatic heterocycles. The molecule has 1 aromatic carbocycles. The normalized spacial score (nSPS) is 29.6. The molecule has 88 valence electrons. The van der Waals surface area contributed by atoms with Crippen molar-refractivity contribution in [2.45, 2.75) is 24.7 Å². The molecule has 16 heavy (non-hydrogen) atoms. The lowest BCUT2D eigenvalue weighted by molar-refractivity contribution is -0.0225. The molecule has 0 amide bonds. The first-order chi connectivity index (χ1) is 7.61. The molecule has 1 saturated heterocycles. The molecule has 0 radical (unpaired) electrons. The molecule has 0 saturated carbocycles. The quantitative estimate of drug-likeness (QED) is 0.859. The van der Waals surface area contributed by atoms with Crippen LogP contribution in [0.1, 0.15) is 18.1 Å². The Morgan fingerprint density at radius 3 is 2.69 bits per heavy atom. The van der Waals surface area contributed by atoms with Crippen LogP contribution >= 0.6 is 23.2 Å². The molecule has 3 nitrogen and oxygen atoms in total. The second kappa shape index (κ2) is 4.90. The highest BCUT2D eigenvalue weighted by atomic mass is 35.5. The van der Waals surface area contributed by atoms with Crippen molar-refractivity contribution in [3.05, 3.63) is 33.8 Å². The first kappa shape index (κ1) is 12.1. The maximum atomic E-state index is 9.61. The van der Waals surface area contributed by atoms with E-state index in [1.807, 2.05) is 0 Å². The average molecular weight is 263 g/mol. The summed E-state index contributed by atoms with van der Waals surface area (Å²) >= 11 is 11.8. The van der Waals surface area contributed by atoms with E-state index in [9.17, 15) is 5.11 Å². The van der Waals surface area contributed by atoms with Crippen LogP contribution in [0.15, 0.2) is 18.2 Å². The van der Waals surface area contributed by atoms with Gasteiger partial charge in [0.1, 0.15) is 6.10 Å². The van der Waals surface area contributed by atoms with Crippen LogP contribution in [-0.4, -0.2) is 29.0 Å². The van der Waals surface area contributed by atoms with Crippen LogP contribution in [0.4, 0.5) is 0 Å². The Kier molecular flexibility index (Phi) is 3.72. The highest BCUT2D eigenvalue weighted by Crippen LogP contribution is 2.37. The number of halogens is 2. The third kappa shape index (κ3) is 2.34. The molecule has 1 aliphatic rings. The highest BCUT2D eigenvalue weighted by Gasteiger charge is 2.35. The monoisotopic (exact) mass is 262 g/mol. The first-order valence-electron chi connectivity index (χ1n) is 5.01. The molecular weight excluding hydrogens is 251 g/mol. The van der Waals surface area contributed by atoms with Gasteiger partial charge in [0.25, 0.3) is 0 Å². The van der Waals surface area contributed by atoms with Gasteiger partial charge in [-0.25, -0.2) is 0 Å². The topological polar surface area (TPSA) is 49.7 Å². The third-order valence-corrected chi connectivity index (χ3v) is 3.28. The zero-order valence-electron chi connectivity index (χ0n) is 8.44. The van der Waals surface area contributed by atoms with Crippen molar-refractivity contribution >= 4 is 23.2 Å². The molecule has 5 heteroatoms. The predicted octanol–water partition coefficient (Wildman–Crippen LogP) is 2.18. The van der Waals surface area contributed by atoms with Gasteiger partial charge in [0, 0.05) is 16.5 Å². The van der Waals surface area contributed by atoms with Gasteiger partial charge in [0.2, 0.25) is 0 Å². The number of benzene rings is 1. The first-order valence-corrected chi connectivity index (χ1v) is 5.76. The zero-order chi connectivity index (χ0) is 11.7. The maximum absolute atomic E-state index is 9.61. The summed E-state index contributed by atoms with van der Waals surface area (Å²) < 4.78 is 5.50. The Hall–Kier alpha value is -0.320. The zero-order valence-corrected chi connectivity index (χ0v) is 9.95. The molecule has 0 bridgehead atoms. The van der Waals surface area contributed by atoms with Crippen LogP contribution in [0.3, 0.4) is 0 Å². The summed E-state index contributed by atoms with van der Waals surface area (Å²) in [5.41, 5.74) is 0.793. The lowest BCUT2D eigenvalue weighted by atomic mass is 10.0. The van der Waals surface area contributed by atoms with E-state index < -0.39 is 12.2 Å². The number of ether oxygens (including phenoxy) is 1. The number of aliphatic hydroxyl groups excluding tert-OH is 2. The van der Waals surface area contributed by atoms with E-state index in [0.717, 1.165) is 5.56 Å². The van der Waals surface area contributed by atoms with Crippen molar-refractivity contribution in [2.24, 2.45) is 0 Å². The Bertz CT molecular complexity index is 383. The molecule has 0 aliphatic carbocycles. The Morgan fingerprint density at radius 1 is 1.38 bits per heavy atom. The van der Waals surface area contributed by atoms with E-state index in [1.54, 1.807) is 18.2 Å². The molecule has 1 fully saturated rings. The third-order valence-electron chi connectivity index (χ3n) is 2.71. The van der Waals surface area contributed by atoms with E-state index in [0.29, 0.717) is 16.5 Å². The van der Waals surface area contributed by atoms with Gasteiger partial charge in [-0.05, 0) is 17.7 Å². The van der Waals surface area contributed by atoms with Crippen molar-refractivity contribution in [2.75, 3.05) is 6.61 Å². The van der Waals surface area contributed by atoms with Crippen LogP contribution < -0.4 is 0 Å². The molecule has 1 aromatic rings. The summed E-state index contributed by atoms with van der Waals surface area (Å²) in [6.45, 7) is -0.192. The fraction of sp³-hybridized carbons (Fsp3) is 0.455. The number of rotatable bonds is 2. The SMILES string of the molecule is OC[C@H]1O[C@@H](c2ccc(Cl)cc2Cl)CC1O. The van der Waals surface area contributed by atoms with Crippen molar-refractivity contribution in [3.63, 3.8) is 0 Å². The lowest BCUT2D eigenvalue weighted by Crippen LogP contribution is -2.24. The van der Waals surface area contributed by atoms with Gasteiger partial charge >= 0.3 is 0 Å². The Morgan fingerprint density at radius 2 is 2.12 bits per heavy atom. The van der Waals surface area contributed by atoms with Crippen molar-refractivity contribution in [3.8, 4) is 0 Å². The molecule has 0 spiro atoms. The second-order valence-corrected chi connectivity index (χ2v) is 4.66. The number of hydrogen-bond donors (Lipinski definition) is 2. The van der Waals surface area contributed by atoms with Gasteiger partial charge in [0.05, 0.1) is 18.8 Å². The van der Waals surface area contributed by atoms with Gasteiger partial charge < -0.3 is 14.9 Å². The van der Waals surface area contributed by atoms with E-state index >= 15 is 0 Å². The van der Waals surface area contributed by atoms with E-state index in [-0.39, 0.29) is 12.7 Å². The van der Waals surface area contributed by atoms with Crippen LogP contribution in [0, 0.1) is 0 Å². The molecule has 3 atom stereocenters. The van der Waals surface area contributed by atoms with Gasteiger partial charge in [-0.2, -0.15) is 0 Å². The van der Waals surface area contributed by atoms with E-state index in [4.69, 9.17) is 33.0 Å². The predicted molar refractivity (Wildman–Crippen MR) is 61.8 cm³/mol. The van der Waals surface area contributed by atoms with Crippen LogP contribution in [0.2, 0.25) is 10.0 Å². The highest BCUT2D eigenvalue weighted by molar-refractivity contribution is 6.35. The summed E-state index contributed by atoms with van der Waals surface area (Å²) in [5, 5.41) is 19.7. The lowest BCUT2D eigenvalue weighted by Gasteiger charge is -2.13. The van der Waals surface area contributed by atoms with E-state index in [1.165, 1.54) is 0 Å². The van der Waals surface area contributed by atoms with Crippen molar-refractivity contribution < 1.29 is 14.9 Å². The molecule has 1 heterocycles. The minimum Gasteiger partial charge on any atom is -0.394 e. The molecule has 2 N–H and O–H groups in total. The Balaban J connectivity index is 2.20. The van der Waals surface area contributed by atoms with Crippen LogP contribution in [-0.2, 0) is 4.74 Å². The van der Waals surface area contributed by atoms with E-state index in [2.05, 4.69) is 0 Å². The van der Waals surface area contributed by atoms with Gasteiger partial charge in [-0.3, -0.25) is 0 Å². The van der Waals surface area contributed by atoms with Crippen molar-refractivity contribution in [1.82, 2.24) is 0 Å². The number of hydrogen-bond acceptors (Lipinski definition) is 3. The van der Waals surface area contributed by atoms with Gasteiger partial charge in [-0.1, -0.05) is 29.3 Å². The Labute approximate surface area is 104 Å². The molecule has 2 rings (SSSR count). The molecular formula is C11H12Cl2O3. The average Bonchev–Trinajstić information content (AvgIpc) is 2.59. The summed E-state index contributed by atoms with van der Waals surface area (Å²) in [6.07, 6.45) is -1.03. The van der Waals surface area contributed by atoms with Crippen LogP contribution in [0.5, 0.6) is 0 Å².